The first-order valence-electron chi connectivity index (χ1n) is 8.79. The number of nitrogens with zero attached hydrogens (tertiary/aromatic N) is 4. The van der Waals surface area contributed by atoms with Gasteiger partial charge in [-0.2, -0.15) is 16.7 Å². The Morgan fingerprint density at radius 3 is 2.74 bits per heavy atom. The fourth-order valence-electron chi connectivity index (χ4n) is 2.86. The van der Waals surface area contributed by atoms with Crippen LogP contribution in [-0.2, 0) is 0 Å². The highest BCUT2D eigenvalue weighted by Gasteiger charge is 2.11. The lowest BCUT2D eigenvalue weighted by atomic mass is 10.2. The Morgan fingerprint density at radius 1 is 1.22 bits per heavy atom. The molecule has 1 fully saturated rings. The molecule has 5 nitrogen and oxygen atoms in total. The highest BCUT2D eigenvalue weighted by molar-refractivity contribution is 7.98. The molecular weight excluding hydrogens is 306 g/mol. The van der Waals surface area contributed by atoms with Crippen LogP contribution < -0.4 is 10.2 Å². The third kappa shape index (κ3) is 6.96. The average molecular weight is 338 g/mol. The van der Waals surface area contributed by atoms with Crippen molar-refractivity contribution in [2.75, 3.05) is 62.0 Å². The van der Waals surface area contributed by atoms with E-state index < -0.39 is 0 Å². The molecule has 1 N–H and O–H groups in total. The van der Waals surface area contributed by atoms with Gasteiger partial charge in [-0.05, 0) is 50.9 Å². The van der Waals surface area contributed by atoms with Crippen LogP contribution >= 0.6 is 11.8 Å². The monoisotopic (exact) mass is 337 g/mol. The van der Waals surface area contributed by atoms with Crippen LogP contribution in [0.3, 0.4) is 0 Å². The Bertz CT molecular complexity index is 435. The predicted molar refractivity (Wildman–Crippen MR) is 102 cm³/mol. The molecule has 1 aromatic heterocycles. The van der Waals surface area contributed by atoms with Crippen molar-refractivity contribution >= 4 is 23.5 Å². The van der Waals surface area contributed by atoms with Crippen LogP contribution in [-0.4, -0.2) is 66.6 Å². The molecule has 6 heteroatoms. The summed E-state index contributed by atoms with van der Waals surface area (Å²) in [6.07, 6.45) is 10.5. The van der Waals surface area contributed by atoms with Gasteiger partial charge >= 0.3 is 0 Å². The van der Waals surface area contributed by atoms with Gasteiger partial charge in [0.2, 0.25) is 5.95 Å². The van der Waals surface area contributed by atoms with E-state index >= 15 is 0 Å². The van der Waals surface area contributed by atoms with E-state index in [1.54, 1.807) is 0 Å². The van der Waals surface area contributed by atoms with Crippen LogP contribution in [0.25, 0.3) is 0 Å². The van der Waals surface area contributed by atoms with E-state index in [2.05, 4.69) is 33.4 Å². The van der Waals surface area contributed by atoms with E-state index in [0.717, 1.165) is 44.5 Å². The topological polar surface area (TPSA) is 44.3 Å². The Morgan fingerprint density at radius 2 is 2.00 bits per heavy atom. The summed E-state index contributed by atoms with van der Waals surface area (Å²) in [6.45, 7) is 5.30. The van der Waals surface area contributed by atoms with Gasteiger partial charge in [0.05, 0.1) is 0 Å². The van der Waals surface area contributed by atoms with Crippen molar-refractivity contribution < 1.29 is 0 Å². The van der Waals surface area contributed by atoms with Gasteiger partial charge in [0.25, 0.3) is 0 Å². The average Bonchev–Trinajstić information content (AvgIpc) is 2.85. The zero-order valence-corrected chi connectivity index (χ0v) is 15.4. The number of hydrogen-bond donors (Lipinski definition) is 1. The van der Waals surface area contributed by atoms with E-state index in [4.69, 9.17) is 4.98 Å². The quantitative estimate of drug-likeness (QED) is 0.699. The molecule has 0 amide bonds. The molecule has 0 spiro atoms. The van der Waals surface area contributed by atoms with Crippen LogP contribution in [0.2, 0.25) is 0 Å². The summed E-state index contributed by atoms with van der Waals surface area (Å²) in [5.74, 6) is 3.06. The molecule has 0 bridgehead atoms. The van der Waals surface area contributed by atoms with Crippen LogP contribution in [0.4, 0.5) is 11.8 Å². The molecule has 1 aliphatic heterocycles. The van der Waals surface area contributed by atoms with Crippen molar-refractivity contribution in [3.8, 4) is 0 Å². The molecule has 1 aromatic rings. The van der Waals surface area contributed by atoms with Crippen molar-refractivity contribution in [2.45, 2.75) is 32.1 Å². The maximum Gasteiger partial charge on any atom is 0.224 e. The molecule has 0 unspecified atom stereocenters. The van der Waals surface area contributed by atoms with Crippen LogP contribution in [0, 0.1) is 0 Å². The van der Waals surface area contributed by atoms with Gasteiger partial charge in [0.1, 0.15) is 5.82 Å². The number of anilines is 2. The Hall–Kier alpha value is -1.01. The van der Waals surface area contributed by atoms with E-state index in [-0.39, 0.29) is 0 Å². The number of thioether (sulfide) groups is 1. The highest BCUT2D eigenvalue weighted by Crippen LogP contribution is 2.17. The van der Waals surface area contributed by atoms with E-state index in [9.17, 15) is 0 Å². The van der Waals surface area contributed by atoms with Gasteiger partial charge in [0.15, 0.2) is 0 Å². The third-order valence-electron chi connectivity index (χ3n) is 4.24. The van der Waals surface area contributed by atoms with Crippen molar-refractivity contribution in [3.05, 3.63) is 12.3 Å². The molecule has 0 aromatic carbocycles. The third-order valence-corrected chi connectivity index (χ3v) is 4.93. The molecule has 130 valence electrons. The molecule has 0 radical (unpaired) electrons. The van der Waals surface area contributed by atoms with Gasteiger partial charge in [-0.25, -0.2) is 4.98 Å². The minimum absolute atomic E-state index is 0.754. The van der Waals surface area contributed by atoms with E-state index in [0.29, 0.717) is 0 Å². The van der Waals surface area contributed by atoms with Gasteiger partial charge in [-0.15, -0.1) is 0 Å². The lowest BCUT2D eigenvalue weighted by Gasteiger charge is -2.22. The molecule has 0 aliphatic carbocycles. The molecule has 2 heterocycles. The highest BCUT2D eigenvalue weighted by atomic mass is 32.2. The first-order valence-corrected chi connectivity index (χ1v) is 10.2. The van der Waals surface area contributed by atoms with Crippen molar-refractivity contribution in [2.24, 2.45) is 0 Å². The normalized spacial score (nSPS) is 15.7. The van der Waals surface area contributed by atoms with E-state index in [1.807, 2.05) is 24.0 Å². The second kappa shape index (κ2) is 10.7. The molecule has 0 atom stereocenters. The first kappa shape index (κ1) is 18.3. The fraction of sp³-hybridized carbons (Fsp3) is 0.765. The molecule has 1 aliphatic rings. The van der Waals surface area contributed by atoms with Crippen LogP contribution in [0.5, 0.6) is 0 Å². The van der Waals surface area contributed by atoms with Gasteiger partial charge in [0, 0.05) is 32.4 Å². The number of likely N-dealkylation sites (N-methyl/N-ethyl adjacent to an activating group) is 1. The summed E-state index contributed by atoms with van der Waals surface area (Å²) in [5.41, 5.74) is 0. The summed E-state index contributed by atoms with van der Waals surface area (Å²) in [5, 5.41) is 3.37. The second-order valence-corrected chi connectivity index (χ2v) is 7.20. The molecule has 0 saturated carbocycles. The minimum Gasteiger partial charge on any atom is -0.356 e. The zero-order chi connectivity index (χ0) is 16.3. The summed E-state index contributed by atoms with van der Waals surface area (Å²) in [7, 11) is 2.18. The number of rotatable bonds is 9. The minimum atomic E-state index is 0.754. The van der Waals surface area contributed by atoms with Crippen LogP contribution in [0.1, 0.15) is 32.1 Å². The second-order valence-electron chi connectivity index (χ2n) is 6.22. The smallest absolute Gasteiger partial charge is 0.224 e. The van der Waals surface area contributed by atoms with Gasteiger partial charge in [-0.3, -0.25) is 0 Å². The standard InChI is InChI=1S/C17H31N5S/c1-21(11-7-15-23-2)14-10-19-17-18-9-8-16(20-17)22-12-5-3-4-6-13-22/h8-9H,3-7,10-15H2,1-2H3,(H,18,19,20). The molecular formula is C17H31N5S. The summed E-state index contributed by atoms with van der Waals surface area (Å²) >= 11 is 1.91. The molecule has 23 heavy (non-hydrogen) atoms. The van der Waals surface area contributed by atoms with Gasteiger partial charge in [-0.1, -0.05) is 12.8 Å². The Balaban J connectivity index is 1.76. The summed E-state index contributed by atoms with van der Waals surface area (Å²) in [6, 6.07) is 2.03. The number of aromatic nitrogens is 2. The zero-order valence-electron chi connectivity index (χ0n) is 14.6. The lowest BCUT2D eigenvalue weighted by Crippen LogP contribution is -2.27. The lowest BCUT2D eigenvalue weighted by molar-refractivity contribution is 0.348. The van der Waals surface area contributed by atoms with Crippen LogP contribution in [0.15, 0.2) is 12.3 Å². The van der Waals surface area contributed by atoms with Gasteiger partial charge < -0.3 is 15.1 Å². The predicted octanol–water partition coefficient (Wildman–Crippen LogP) is 2.95. The van der Waals surface area contributed by atoms with E-state index in [1.165, 1.54) is 37.9 Å². The van der Waals surface area contributed by atoms with Crippen molar-refractivity contribution in [1.82, 2.24) is 14.9 Å². The Kier molecular flexibility index (Phi) is 8.53. The molecule has 1 saturated heterocycles. The first-order chi connectivity index (χ1) is 11.3. The SMILES string of the molecule is CSCCCN(C)CCNc1nccc(N2CCCCCC2)n1. The fourth-order valence-corrected chi connectivity index (χ4v) is 3.28. The number of nitrogens with one attached hydrogen (secondary N) is 1. The number of hydrogen-bond acceptors (Lipinski definition) is 6. The summed E-state index contributed by atoms with van der Waals surface area (Å²) in [4.78, 5) is 13.8. The molecule has 2 rings (SSSR count). The largest absolute Gasteiger partial charge is 0.356 e. The maximum absolute atomic E-state index is 4.69. The summed E-state index contributed by atoms with van der Waals surface area (Å²) < 4.78 is 0. The van der Waals surface area contributed by atoms with Crippen molar-refractivity contribution in [3.63, 3.8) is 0 Å². The maximum atomic E-state index is 4.69. The van der Waals surface area contributed by atoms with Crippen molar-refractivity contribution in [1.29, 1.82) is 0 Å². The Labute approximate surface area is 145 Å².